The second-order valence-corrected chi connectivity index (χ2v) is 2.03. The van der Waals surface area contributed by atoms with Crippen molar-refractivity contribution in [2.45, 2.75) is 19.5 Å². The van der Waals surface area contributed by atoms with Crippen LogP contribution in [0.3, 0.4) is 0 Å². The van der Waals surface area contributed by atoms with Gasteiger partial charge in [-0.25, -0.2) is 0 Å². The van der Waals surface area contributed by atoms with Gasteiger partial charge in [-0.1, -0.05) is 12.1 Å². The number of halogens is 3. The van der Waals surface area contributed by atoms with E-state index in [1.54, 1.807) is 6.92 Å². The normalized spacial score (nSPS) is 12.0. The first-order valence-electron chi connectivity index (χ1n) is 3.07. The van der Waals surface area contributed by atoms with Gasteiger partial charge >= 0.3 is 6.18 Å². The van der Waals surface area contributed by atoms with E-state index in [-0.39, 0.29) is 0 Å². The van der Waals surface area contributed by atoms with E-state index in [9.17, 15) is 13.2 Å². The molecule has 0 spiro atoms. The average Bonchev–Trinajstić information content (AvgIpc) is 2.32. The van der Waals surface area contributed by atoms with Crippen LogP contribution in [0.15, 0.2) is 10.6 Å². The maximum Gasteiger partial charge on any atom is 0.452 e. The Bertz CT molecular complexity index is 240. The van der Waals surface area contributed by atoms with Gasteiger partial charge in [-0.15, -0.1) is 0 Å². The zero-order chi connectivity index (χ0) is 8.48. The van der Waals surface area contributed by atoms with Crippen molar-refractivity contribution in [1.29, 1.82) is 0 Å². The monoisotopic (exact) mass is 165 g/mol. The van der Waals surface area contributed by atoms with Crippen LogP contribution in [-0.2, 0) is 12.6 Å². The van der Waals surface area contributed by atoms with Crippen LogP contribution in [0.2, 0.25) is 0 Å². The van der Waals surface area contributed by atoms with Crippen molar-refractivity contribution in [2.75, 3.05) is 0 Å². The van der Waals surface area contributed by atoms with Gasteiger partial charge in [0.25, 0.3) is 0 Å². The van der Waals surface area contributed by atoms with Crippen molar-refractivity contribution < 1.29 is 17.7 Å². The summed E-state index contributed by atoms with van der Waals surface area (Å²) in [5.41, 5.74) is 0.317. The van der Waals surface area contributed by atoms with Gasteiger partial charge in [0.15, 0.2) is 0 Å². The molecule has 1 heterocycles. The van der Waals surface area contributed by atoms with E-state index in [1.165, 1.54) is 0 Å². The molecule has 0 aromatic carbocycles. The van der Waals surface area contributed by atoms with Gasteiger partial charge in [0.2, 0.25) is 5.76 Å². The summed E-state index contributed by atoms with van der Waals surface area (Å²) in [6.07, 6.45) is -3.97. The van der Waals surface area contributed by atoms with Gasteiger partial charge in [0.1, 0.15) is 0 Å². The summed E-state index contributed by atoms with van der Waals surface area (Å²) in [7, 11) is 0. The fourth-order valence-corrected chi connectivity index (χ4v) is 0.612. The molecule has 0 aliphatic heterocycles. The minimum absolute atomic E-state index is 0.317. The molecule has 1 aromatic rings. The molecule has 0 aliphatic carbocycles. The summed E-state index contributed by atoms with van der Waals surface area (Å²) >= 11 is 0. The SMILES string of the molecule is CCc1cc(C(F)(F)F)on1. The predicted molar refractivity (Wildman–Crippen MR) is 30.9 cm³/mol. The Morgan fingerprint density at radius 2 is 2.18 bits per heavy atom. The number of aryl methyl sites for hydroxylation is 1. The van der Waals surface area contributed by atoms with Crippen molar-refractivity contribution in [2.24, 2.45) is 0 Å². The minimum atomic E-state index is -4.42. The number of aromatic nitrogens is 1. The van der Waals surface area contributed by atoms with E-state index >= 15 is 0 Å². The van der Waals surface area contributed by atoms with Crippen LogP contribution in [0.1, 0.15) is 18.4 Å². The van der Waals surface area contributed by atoms with Gasteiger partial charge in [-0.3, -0.25) is 0 Å². The number of rotatable bonds is 1. The van der Waals surface area contributed by atoms with Crippen LogP contribution in [-0.4, -0.2) is 5.16 Å². The first-order valence-corrected chi connectivity index (χ1v) is 3.07. The zero-order valence-corrected chi connectivity index (χ0v) is 5.77. The largest absolute Gasteiger partial charge is 0.452 e. The summed E-state index contributed by atoms with van der Waals surface area (Å²) in [6.45, 7) is 1.71. The summed E-state index contributed by atoms with van der Waals surface area (Å²) in [6, 6.07) is 0.903. The lowest BCUT2D eigenvalue weighted by Crippen LogP contribution is -2.02. The highest BCUT2D eigenvalue weighted by Crippen LogP contribution is 2.29. The Balaban J connectivity index is 2.89. The lowest BCUT2D eigenvalue weighted by molar-refractivity contribution is -0.155. The van der Waals surface area contributed by atoms with Crippen LogP contribution in [0.5, 0.6) is 0 Å². The number of hydrogen-bond donors (Lipinski definition) is 0. The third-order valence-corrected chi connectivity index (χ3v) is 1.20. The van der Waals surface area contributed by atoms with Gasteiger partial charge < -0.3 is 4.52 Å². The first kappa shape index (κ1) is 8.10. The van der Waals surface area contributed by atoms with E-state index in [4.69, 9.17) is 0 Å². The second kappa shape index (κ2) is 2.56. The molecule has 5 heteroatoms. The van der Waals surface area contributed by atoms with Gasteiger partial charge in [0, 0.05) is 6.07 Å². The Labute approximate surface area is 61.0 Å². The lowest BCUT2D eigenvalue weighted by atomic mass is 10.3. The van der Waals surface area contributed by atoms with Crippen molar-refractivity contribution in [3.63, 3.8) is 0 Å². The predicted octanol–water partition coefficient (Wildman–Crippen LogP) is 2.26. The highest BCUT2D eigenvalue weighted by atomic mass is 19.4. The maximum atomic E-state index is 11.8. The van der Waals surface area contributed by atoms with Crippen LogP contribution in [0.25, 0.3) is 0 Å². The third-order valence-electron chi connectivity index (χ3n) is 1.20. The molecule has 1 rings (SSSR count). The molecule has 2 nitrogen and oxygen atoms in total. The van der Waals surface area contributed by atoms with Crippen molar-refractivity contribution in [3.05, 3.63) is 17.5 Å². The molecule has 0 amide bonds. The van der Waals surface area contributed by atoms with E-state index in [1.807, 2.05) is 0 Å². The van der Waals surface area contributed by atoms with Crippen LogP contribution in [0, 0.1) is 0 Å². The summed E-state index contributed by atoms with van der Waals surface area (Å²) in [5.74, 6) is -1.03. The quantitative estimate of drug-likeness (QED) is 0.637. The summed E-state index contributed by atoms with van der Waals surface area (Å²) in [5, 5.41) is 3.21. The third kappa shape index (κ3) is 1.72. The maximum absolute atomic E-state index is 11.8. The van der Waals surface area contributed by atoms with Crippen molar-refractivity contribution in [1.82, 2.24) is 5.16 Å². The molecule has 0 saturated heterocycles. The first-order chi connectivity index (χ1) is 5.04. The molecule has 0 unspecified atom stereocenters. The highest BCUT2D eigenvalue weighted by molar-refractivity contribution is 5.07. The van der Waals surface area contributed by atoms with Crippen LogP contribution < -0.4 is 0 Å². The van der Waals surface area contributed by atoms with E-state index in [0.29, 0.717) is 12.1 Å². The molecule has 0 saturated carbocycles. The molecule has 0 atom stereocenters. The Hall–Kier alpha value is -1.00. The summed E-state index contributed by atoms with van der Waals surface area (Å²) in [4.78, 5) is 0. The molecule has 0 N–H and O–H groups in total. The van der Waals surface area contributed by atoms with Gasteiger partial charge in [-0.05, 0) is 6.42 Å². The van der Waals surface area contributed by atoms with E-state index < -0.39 is 11.9 Å². The molecule has 0 radical (unpaired) electrons. The molecule has 0 fully saturated rings. The standard InChI is InChI=1S/C6H6F3NO/c1-2-4-3-5(11-10-4)6(7,8)9/h3H,2H2,1H3. The van der Waals surface area contributed by atoms with Gasteiger partial charge in [0.05, 0.1) is 5.69 Å². The molecule has 0 bridgehead atoms. The molecular formula is C6H6F3NO. The Morgan fingerprint density at radius 1 is 1.55 bits per heavy atom. The van der Waals surface area contributed by atoms with Gasteiger partial charge in [-0.2, -0.15) is 13.2 Å². The molecule has 11 heavy (non-hydrogen) atoms. The summed E-state index contributed by atoms with van der Waals surface area (Å²) < 4.78 is 39.5. The smallest absolute Gasteiger partial charge is 0.351 e. The Morgan fingerprint density at radius 3 is 2.45 bits per heavy atom. The number of alkyl halides is 3. The number of nitrogens with zero attached hydrogens (tertiary/aromatic N) is 1. The molecule has 0 aliphatic rings. The zero-order valence-electron chi connectivity index (χ0n) is 5.77. The van der Waals surface area contributed by atoms with E-state index in [2.05, 4.69) is 9.68 Å². The number of hydrogen-bond acceptors (Lipinski definition) is 2. The fraction of sp³-hybridized carbons (Fsp3) is 0.500. The Kier molecular flexibility index (Phi) is 1.89. The molecule has 62 valence electrons. The van der Waals surface area contributed by atoms with Crippen molar-refractivity contribution >= 4 is 0 Å². The highest BCUT2D eigenvalue weighted by Gasteiger charge is 2.35. The van der Waals surface area contributed by atoms with Crippen LogP contribution >= 0.6 is 0 Å². The minimum Gasteiger partial charge on any atom is -0.351 e. The van der Waals surface area contributed by atoms with E-state index in [0.717, 1.165) is 6.07 Å². The second-order valence-electron chi connectivity index (χ2n) is 2.03. The van der Waals surface area contributed by atoms with Crippen LogP contribution in [0.4, 0.5) is 13.2 Å². The lowest BCUT2D eigenvalue weighted by Gasteiger charge is -1.97. The topological polar surface area (TPSA) is 26.0 Å². The molecule has 1 aromatic heterocycles. The average molecular weight is 165 g/mol. The molecular weight excluding hydrogens is 159 g/mol. The fourth-order valence-electron chi connectivity index (χ4n) is 0.612. The van der Waals surface area contributed by atoms with Crippen molar-refractivity contribution in [3.8, 4) is 0 Å².